The van der Waals surface area contributed by atoms with E-state index in [-0.39, 0.29) is 16.4 Å². The summed E-state index contributed by atoms with van der Waals surface area (Å²) in [5.74, 6) is 0.648. The molecular weight excluding hydrogens is 382 g/mol. The number of nitrogens with one attached hydrogen (secondary N) is 2. The van der Waals surface area contributed by atoms with Crippen LogP contribution in [-0.2, 0) is 6.54 Å². The van der Waals surface area contributed by atoms with Gasteiger partial charge in [0.1, 0.15) is 0 Å². The van der Waals surface area contributed by atoms with Crippen molar-refractivity contribution < 1.29 is 0 Å². The van der Waals surface area contributed by atoms with Gasteiger partial charge < -0.3 is 16.4 Å². The molecule has 0 bridgehead atoms. The summed E-state index contributed by atoms with van der Waals surface area (Å²) in [6.45, 7) is 10.2. The number of aromatic nitrogens is 2. The molecule has 1 atom stereocenters. The highest BCUT2D eigenvalue weighted by Gasteiger charge is 2.32. The fourth-order valence-electron chi connectivity index (χ4n) is 3.10. The first kappa shape index (κ1) is 18.4. The van der Waals surface area contributed by atoms with Crippen molar-refractivity contribution in [3.05, 3.63) is 33.0 Å². The van der Waals surface area contributed by atoms with Gasteiger partial charge in [-0.25, -0.2) is 4.98 Å². The molecule has 136 valence electrons. The second-order valence-corrected chi connectivity index (χ2v) is 9.04. The van der Waals surface area contributed by atoms with Crippen LogP contribution in [0.2, 0.25) is 0 Å². The first-order valence-electron chi connectivity index (χ1n) is 8.58. The number of rotatable bonds is 5. The van der Waals surface area contributed by atoms with Gasteiger partial charge in [-0.15, -0.1) is 0 Å². The van der Waals surface area contributed by atoms with Gasteiger partial charge in [-0.3, -0.25) is 9.36 Å². The van der Waals surface area contributed by atoms with E-state index in [1.807, 2.05) is 18.2 Å². The lowest BCUT2D eigenvalue weighted by atomic mass is 9.87. The van der Waals surface area contributed by atoms with Crippen molar-refractivity contribution in [1.29, 1.82) is 0 Å². The van der Waals surface area contributed by atoms with E-state index in [2.05, 4.69) is 52.3 Å². The Morgan fingerprint density at radius 1 is 1.48 bits per heavy atom. The molecule has 1 aromatic carbocycles. The summed E-state index contributed by atoms with van der Waals surface area (Å²) in [5, 5.41) is 7.51. The molecule has 7 heteroatoms. The van der Waals surface area contributed by atoms with Crippen molar-refractivity contribution in [2.75, 3.05) is 31.5 Å². The summed E-state index contributed by atoms with van der Waals surface area (Å²) in [5.41, 5.74) is 6.52. The number of fused-ring (bicyclic) bond motifs is 2. The fourth-order valence-corrected chi connectivity index (χ4v) is 3.45. The summed E-state index contributed by atoms with van der Waals surface area (Å²) < 4.78 is 2.68. The SMILES string of the molecule is CC(C)(CN)CNCC1(C)CNc2nc3cc(Br)ccc3c(=O)n2C1. The zero-order valence-electron chi connectivity index (χ0n) is 15.0. The Morgan fingerprint density at radius 2 is 2.24 bits per heavy atom. The molecule has 3 rings (SSSR count). The van der Waals surface area contributed by atoms with Crippen molar-refractivity contribution >= 4 is 32.8 Å². The van der Waals surface area contributed by atoms with Gasteiger partial charge in [0.25, 0.3) is 5.56 Å². The van der Waals surface area contributed by atoms with Crippen molar-refractivity contribution in [3.63, 3.8) is 0 Å². The maximum Gasteiger partial charge on any atom is 0.262 e. The molecule has 0 amide bonds. The molecular formula is C18H26BrN5O. The zero-order valence-corrected chi connectivity index (χ0v) is 16.6. The maximum absolute atomic E-state index is 12.9. The van der Waals surface area contributed by atoms with Gasteiger partial charge in [-0.2, -0.15) is 0 Å². The predicted octanol–water partition coefficient (Wildman–Crippen LogP) is 2.17. The quantitative estimate of drug-likeness (QED) is 0.706. The van der Waals surface area contributed by atoms with Gasteiger partial charge in [0.05, 0.1) is 10.9 Å². The molecule has 25 heavy (non-hydrogen) atoms. The molecule has 0 radical (unpaired) electrons. The third-order valence-corrected chi connectivity index (χ3v) is 5.33. The van der Waals surface area contributed by atoms with Crippen LogP contribution in [0.15, 0.2) is 27.5 Å². The molecule has 0 aliphatic carbocycles. The largest absolute Gasteiger partial charge is 0.355 e. The van der Waals surface area contributed by atoms with E-state index in [9.17, 15) is 4.79 Å². The molecule has 1 unspecified atom stereocenters. The summed E-state index contributed by atoms with van der Waals surface area (Å²) in [6, 6.07) is 5.59. The van der Waals surface area contributed by atoms with E-state index in [0.29, 0.717) is 29.9 Å². The van der Waals surface area contributed by atoms with Gasteiger partial charge in [-0.1, -0.05) is 36.7 Å². The average molecular weight is 408 g/mol. The zero-order chi connectivity index (χ0) is 18.2. The number of halogens is 1. The van der Waals surface area contributed by atoms with E-state index < -0.39 is 0 Å². The van der Waals surface area contributed by atoms with Crippen LogP contribution in [0.3, 0.4) is 0 Å². The van der Waals surface area contributed by atoms with Gasteiger partial charge in [0, 0.05) is 36.1 Å². The average Bonchev–Trinajstić information content (AvgIpc) is 2.55. The second kappa shape index (κ2) is 6.70. The molecule has 6 nitrogen and oxygen atoms in total. The van der Waals surface area contributed by atoms with Crippen LogP contribution >= 0.6 is 15.9 Å². The molecule has 0 saturated heterocycles. The molecule has 4 N–H and O–H groups in total. The molecule has 1 aromatic heterocycles. The summed E-state index contributed by atoms with van der Waals surface area (Å²) in [4.78, 5) is 17.5. The van der Waals surface area contributed by atoms with E-state index in [1.165, 1.54) is 0 Å². The van der Waals surface area contributed by atoms with E-state index >= 15 is 0 Å². The summed E-state index contributed by atoms with van der Waals surface area (Å²) in [6.07, 6.45) is 0. The number of hydrogen-bond acceptors (Lipinski definition) is 5. The minimum atomic E-state index is -0.0633. The van der Waals surface area contributed by atoms with Gasteiger partial charge in [0.2, 0.25) is 5.95 Å². The minimum absolute atomic E-state index is 0.00760. The standard InChI is InChI=1S/C18H26BrN5O/c1-17(2,7-20)8-21-9-18(3)10-22-16-23-14-6-12(19)4-5-13(14)15(25)24(16)11-18/h4-6,21H,7-11,20H2,1-3H3,(H,22,23). The third kappa shape index (κ3) is 3.88. The van der Waals surface area contributed by atoms with Crippen LogP contribution in [0.1, 0.15) is 20.8 Å². The Balaban J connectivity index is 1.83. The van der Waals surface area contributed by atoms with Crippen LogP contribution in [0.25, 0.3) is 10.9 Å². The van der Waals surface area contributed by atoms with E-state index in [1.54, 1.807) is 4.57 Å². The first-order chi connectivity index (χ1) is 11.7. The lowest BCUT2D eigenvalue weighted by molar-refractivity contribution is 0.239. The van der Waals surface area contributed by atoms with Crippen molar-refractivity contribution in [3.8, 4) is 0 Å². The van der Waals surface area contributed by atoms with E-state index in [0.717, 1.165) is 24.1 Å². The van der Waals surface area contributed by atoms with Crippen molar-refractivity contribution in [2.24, 2.45) is 16.6 Å². The summed E-state index contributed by atoms with van der Waals surface area (Å²) in [7, 11) is 0. The summed E-state index contributed by atoms with van der Waals surface area (Å²) >= 11 is 3.43. The van der Waals surface area contributed by atoms with Crippen LogP contribution in [-0.4, -0.2) is 35.7 Å². The highest BCUT2D eigenvalue weighted by molar-refractivity contribution is 9.10. The predicted molar refractivity (Wildman–Crippen MR) is 106 cm³/mol. The Hall–Kier alpha value is -1.44. The van der Waals surface area contributed by atoms with Crippen molar-refractivity contribution in [1.82, 2.24) is 14.9 Å². The van der Waals surface area contributed by atoms with Gasteiger partial charge >= 0.3 is 0 Å². The second-order valence-electron chi connectivity index (χ2n) is 8.12. The maximum atomic E-state index is 12.9. The number of nitrogens with zero attached hydrogens (tertiary/aromatic N) is 2. The Labute approximate surface area is 156 Å². The lowest BCUT2D eigenvalue weighted by Gasteiger charge is -2.37. The monoisotopic (exact) mass is 407 g/mol. The number of hydrogen-bond donors (Lipinski definition) is 3. The van der Waals surface area contributed by atoms with Gasteiger partial charge in [-0.05, 0) is 30.2 Å². The molecule has 0 spiro atoms. The third-order valence-electron chi connectivity index (χ3n) is 4.84. The normalized spacial score (nSPS) is 20.4. The van der Waals surface area contributed by atoms with E-state index in [4.69, 9.17) is 5.73 Å². The lowest BCUT2D eigenvalue weighted by Crippen LogP contribution is -2.49. The first-order valence-corrected chi connectivity index (χ1v) is 9.37. The number of anilines is 1. The number of benzene rings is 1. The molecule has 1 aliphatic rings. The topological polar surface area (TPSA) is 85.0 Å². The van der Waals surface area contributed by atoms with Crippen molar-refractivity contribution in [2.45, 2.75) is 27.3 Å². The Kier molecular flexibility index (Phi) is 4.92. The van der Waals surface area contributed by atoms with Crippen LogP contribution < -0.4 is 21.9 Å². The Morgan fingerprint density at radius 3 is 2.96 bits per heavy atom. The van der Waals surface area contributed by atoms with Crippen LogP contribution in [0, 0.1) is 10.8 Å². The molecule has 0 saturated carbocycles. The smallest absolute Gasteiger partial charge is 0.262 e. The molecule has 2 heterocycles. The number of nitrogens with two attached hydrogens (primary N) is 1. The molecule has 1 aliphatic heterocycles. The van der Waals surface area contributed by atoms with Crippen LogP contribution in [0.4, 0.5) is 5.95 Å². The molecule has 2 aromatic rings. The highest BCUT2D eigenvalue weighted by Crippen LogP contribution is 2.27. The minimum Gasteiger partial charge on any atom is -0.355 e. The fraction of sp³-hybridized carbons (Fsp3) is 0.556. The Bertz CT molecular complexity index is 847. The molecule has 0 fully saturated rings. The highest BCUT2D eigenvalue weighted by atomic mass is 79.9. The van der Waals surface area contributed by atoms with Crippen LogP contribution in [0.5, 0.6) is 0 Å². The van der Waals surface area contributed by atoms with Gasteiger partial charge in [0.15, 0.2) is 0 Å².